The molecule has 1 N–H and O–H groups in total. The van der Waals surface area contributed by atoms with Crippen molar-refractivity contribution in [1.29, 1.82) is 0 Å². The van der Waals surface area contributed by atoms with Gasteiger partial charge in [0.15, 0.2) is 0 Å². The molecule has 0 saturated carbocycles. The van der Waals surface area contributed by atoms with Crippen molar-refractivity contribution in [2.45, 2.75) is 0 Å². The van der Waals surface area contributed by atoms with Gasteiger partial charge in [-0.05, 0) is 0 Å². The van der Waals surface area contributed by atoms with E-state index in [1.165, 1.54) is 31.3 Å². The fourth-order valence-electron chi connectivity index (χ4n) is 2.17. The van der Waals surface area contributed by atoms with E-state index >= 15 is 0 Å². The second-order valence-electron chi connectivity index (χ2n) is 6.04. The van der Waals surface area contributed by atoms with Crippen LogP contribution in [0.4, 0.5) is 0 Å². The van der Waals surface area contributed by atoms with Gasteiger partial charge in [-0.2, -0.15) is 0 Å². The number of aliphatic hydroxyl groups is 1. The maximum absolute atomic E-state index is 9.86. The van der Waals surface area contributed by atoms with Gasteiger partial charge in [-0.15, -0.1) is 0 Å². The van der Waals surface area contributed by atoms with Crippen LogP contribution in [0.3, 0.4) is 0 Å². The minimum Gasteiger partial charge on any atom is -0.501 e. The number of hydrogen-bond acceptors (Lipinski definition) is 7. The third-order valence-corrected chi connectivity index (χ3v) is 3.69. The zero-order valence-electron chi connectivity index (χ0n) is 16.0. The first kappa shape index (κ1) is 24.6. The lowest BCUT2D eigenvalue weighted by atomic mass is 9.90. The summed E-state index contributed by atoms with van der Waals surface area (Å²) in [5.41, 5.74) is -1.43. The molecule has 0 rings (SSSR count). The Balaban J connectivity index is 5.15. The van der Waals surface area contributed by atoms with Gasteiger partial charge in [0.1, 0.15) is 33.0 Å². The monoisotopic (exact) mass is 384 g/mol. The van der Waals surface area contributed by atoms with Crippen LogP contribution in [0, 0.1) is 10.8 Å². The van der Waals surface area contributed by atoms with Crippen molar-refractivity contribution in [2.24, 2.45) is 10.8 Å². The second kappa shape index (κ2) is 14.8. The first-order valence-corrected chi connectivity index (χ1v) is 8.39. The predicted molar refractivity (Wildman–Crippen MR) is 104 cm³/mol. The molecule has 0 aliphatic heterocycles. The number of hydrogen-bond donors (Lipinski definition) is 1. The van der Waals surface area contributed by atoms with Crippen molar-refractivity contribution in [3.05, 3.63) is 64.2 Å². The fourth-order valence-corrected chi connectivity index (χ4v) is 2.17. The van der Waals surface area contributed by atoms with E-state index in [1.807, 2.05) is 0 Å². The van der Waals surface area contributed by atoms with Gasteiger partial charge < -0.3 is 33.5 Å². The molecule has 0 unspecified atom stereocenters. The maximum atomic E-state index is 9.86. The summed E-state index contributed by atoms with van der Waals surface area (Å²) in [6, 6.07) is 0. The molecule has 0 bridgehead atoms. The Kier molecular flexibility index (Phi) is 13.5. The summed E-state index contributed by atoms with van der Waals surface area (Å²) in [4.78, 5) is 0. The van der Waals surface area contributed by atoms with Gasteiger partial charge in [0.2, 0.25) is 0 Å². The molecule has 0 aliphatic carbocycles. The van der Waals surface area contributed by atoms with E-state index in [0.29, 0.717) is 0 Å². The molecule has 0 saturated heterocycles. The second-order valence-corrected chi connectivity index (χ2v) is 6.04. The van der Waals surface area contributed by atoms with Crippen molar-refractivity contribution in [2.75, 3.05) is 52.9 Å². The van der Waals surface area contributed by atoms with Crippen LogP contribution in [0.2, 0.25) is 0 Å². The van der Waals surface area contributed by atoms with Crippen LogP contribution in [-0.4, -0.2) is 58.0 Å². The van der Waals surface area contributed by atoms with Crippen LogP contribution in [0.25, 0.3) is 0 Å². The van der Waals surface area contributed by atoms with Crippen molar-refractivity contribution < 1.29 is 33.5 Å². The largest absolute Gasteiger partial charge is 0.501 e. The molecule has 154 valence electrons. The molecular weight excluding hydrogens is 352 g/mol. The quantitative estimate of drug-likeness (QED) is 0.324. The van der Waals surface area contributed by atoms with E-state index in [2.05, 4.69) is 32.9 Å². The zero-order chi connectivity index (χ0) is 20.4. The molecule has 0 aromatic rings. The van der Waals surface area contributed by atoms with Crippen LogP contribution in [0.5, 0.6) is 0 Å². The van der Waals surface area contributed by atoms with Gasteiger partial charge in [0, 0.05) is 0 Å². The number of aliphatic hydroxyl groups excluding tert-OH is 1. The van der Waals surface area contributed by atoms with Crippen LogP contribution in [0.1, 0.15) is 0 Å². The van der Waals surface area contributed by atoms with Gasteiger partial charge in [0.25, 0.3) is 0 Å². The Morgan fingerprint density at radius 1 is 0.519 bits per heavy atom. The maximum Gasteiger partial charge on any atom is 0.102 e. The van der Waals surface area contributed by atoms with Gasteiger partial charge >= 0.3 is 0 Å². The van der Waals surface area contributed by atoms with Gasteiger partial charge in [-0.25, -0.2) is 0 Å². The van der Waals surface area contributed by atoms with Gasteiger partial charge in [-0.1, -0.05) is 32.9 Å². The van der Waals surface area contributed by atoms with E-state index in [0.717, 1.165) is 0 Å². The zero-order valence-corrected chi connectivity index (χ0v) is 16.0. The molecule has 0 radical (unpaired) electrons. The lowest BCUT2D eigenvalue weighted by molar-refractivity contribution is -0.108. The molecule has 27 heavy (non-hydrogen) atoms. The van der Waals surface area contributed by atoms with E-state index in [4.69, 9.17) is 28.4 Å². The minimum atomic E-state index is -0.786. The van der Waals surface area contributed by atoms with Crippen molar-refractivity contribution in [3.8, 4) is 0 Å². The number of rotatable bonds is 20. The number of ether oxygens (including phenoxy) is 6. The Bertz CT molecular complexity index is 404. The lowest BCUT2D eigenvalue weighted by Crippen LogP contribution is -2.44. The molecule has 7 heteroatoms. The highest BCUT2D eigenvalue weighted by atomic mass is 16.5. The molecule has 0 aliphatic rings. The highest BCUT2D eigenvalue weighted by Crippen LogP contribution is 2.24. The van der Waals surface area contributed by atoms with Gasteiger partial charge in [-0.3, -0.25) is 0 Å². The van der Waals surface area contributed by atoms with Crippen LogP contribution in [0.15, 0.2) is 64.2 Å². The molecule has 0 amide bonds. The summed E-state index contributed by atoms with van der Waals surface area (Å²) in [7, 11) is 0. The average Bonchev–Trinajstić information content (AvgIpc) is 2.70. The topological polar surface area (TPSA) is 75.6 Å². The highest BCUT2D eigenvalue weighted by molar-refractivity contribution is 4.84. The molecular formula is C20H32O7. The molecule has 0 aromatic heterocycles. The summed E-state index contributed by atoms with van der Waals surface area (Å²) in [5, 5.41) is 9.86. The molecule has 0 aromatic carbocycles. The van der Waals surface area contributed by atoms with E-state index in [-0.39, 0.29) is 52.9 Å². The normalized spacial score (nSPS) is 11.0. The Morgan fingerprint density at radius 3 is 1.11 bits per heavy atom. The third-order valence-electron chi connectivity index (χ3n) is 3.69. The van der Waals surface area contributed by atoms with Crippen LogP contribution in [-0.2, 0) is 28.4 Å². The van der Waals surface area contributed by atoms with E-state index in [1.54, 1.807) is 0 Å². The van der Waals surface area contributed by atoms with Crippen LogP contribution >= 0.6 is 0 Å². The highest BCUT2D eigenvalue weighted by Gasteiger charge is 2.37. The first-order valence-electron chi connectivity index (χ1n) is 8.39. The average molecular weight is 384 g/mol. The Labute approximate surface area is 162 Å². The molecule has 0 spiro atoms. The van der Waals surface area contributed by atoms with Crippen LogP contribution < -0.4 is 0 Å². The summed E-state index contributed by atoms with van der Waals surface area (Å²) < 4.78 is 32.5. The van der Waals surface area contributed by atoms with Crippen molar-refractivity contribution in [3.63, 3.8) is 0 Å². The van der Waals surface area contributed by atoms with Crippen molar-refractivity contribution in [1.82, 2.24) is 0 Å². The third kappa shape index (κ3) is 9.77. The standard InChI is InChI=1S/C20H32O7/c1-6-22-12-19(11-21,13-23-7-2)14-27-18-20(15-24-8-3,16-25-9-4)17-26-10-5/h6-10,21H,1-5,11-18H2. The molecule has 7 nitrogen and oxygen atoms in total. The molecule has 0 atom stereocenters. The predicted octanol–water partition coefficient (Wildman–Crippen LogP) is 2.77. The lowest BCUT2D eigenvalue weighted by Gasteiger charge is -2.34. The SMILES string of the molecule is C=COCC(CO)(COC=C)COCC(COC=C)(COC=C)COC=C. The van der Waals surface area contributed by atoms with Gasteiger partial charge in [0.05, 0.1) is 62.0 Å². The molecule has 0 fully saturated rings. The van der Waals surface area contributed by atoms with E-state index < -0.39 is 10.8 Å². The Hall–Kier alpha value is -2.38. The smallest absolute Gasteiger partial charge is 0.102 e. The summed E-state index contributed by atoms with van der Waals surface area (Å²) in [6.07, 6.45) is 6.62. The summed E-state index contributed by atoms with van der Waals surface area (Å²) in [6.45, 7) is 18.9. The first-order chi connectivity index (χ1) is 13.1. The summed E-state index contributed by atoms with van der Waals surface area (Å²) in [5.74, 6) is 0. The van der Waals surface area contributed by atoms with Crippen molar-refractivity contribution >= 4 is 0 Å². The Morgan fingerprint density at radius 2 is 0.815 bits per heavy atom. The van der Waals surface area contributed by atoms with E-state index in [9.17, 15) is 5.11 Å². The fraction of sp³-hybridized carbons (Fsp3) is 0.500. The molecule has 0 heterocycles. The summed E-state index contributed by atoms with van der Waals surface area (Å²) >= 11 is 0. The minimum absolute atomic E-state index is 0.156.